The van der Waals surface area contributed by atoms with Gasteiger partial charge in [-0.05, 0) is 36.4 Å². The Balaban J connectivity index is 2.39. The molecular weight excluding hydrogens is 329 g/mol. The Morgan fingerprint density at radius 2 is 1.68 bits per heavy atom. The molecule has 22 heavy (non-hydrogen) atoms. The van der Waals surface area contributed by atoms with Gasteiger partial charge in [0.05, 0.1) is 24.3 Å². The van der Waals surface area contributed by atoms with Crippen molar-refractivity contribution in [3.8, 4) is 5.75 Å². The molecule has 0 unspecified atom stereocenters. The first-order valence-electron chi connectivity index (χ1n) is 6.08. The van der Waals surface area contributed by atoms with Gasteiger partial charge in [-0.1, -0.05) is 23.2 Å². The maximum absolute atomic E-state index is 12.3. The molecule has 5 nitrogen and oxygen atoms in total. The van der Waals surface area contributed by atoms with Crippen LogP contribution in [0.5, 0.6) is 5.75 Å². The lowest BCUT2D eigenvalue weighted by atomic mass is 10.1. The Hall–Kier alpha value is -2.24. The highest BCUT2D eigenvalue weighted by Crippen LogP contribution is 2.26. The van der Waals surface area contributed by atoms with Gasteiger partial charge in [0.15, 0.2) is 0 Å². The number of hydrogen-bond acceptors (Lipinski definition) is 4. The lowest BCUT2D eigenvalue weighted by Crippen LogP contribution is -2.25. The third-order valence-electron chi connectivity index (χ3n) is 2.86. The number of aromatic carboxylic acids is 1. The van der Waals surface area contributed by atoms with Crippen LogP contribution >= 0.6 is 23.2 Å². The van der Waals surface area contributed by atoms with Crippen molar-refractivity contribution in [2.75, 3.05) is 12.4 Å². The minimum Gasteiger partial charge on any atom is -0.545 e. The number of ether oxygens (including phenoxy) is 1. The predicted molar refractivity (Wildman–Crippen MR) is 81.7 cm³/mol. The highest BCUT2D eigenvalue weighted by molar-refractivity contribution is 6.31. The fraction of sp³-hybridized carbons (Fsp3) is 0.0667. The monoisotopic (exact) mass is 338 g/mol. The third-order valence-corrected chi connectivity index (χ3v) is 3.33. The van der Waals surface area contributed by atoms with Crippen LogP contribution in [0.4, 0.5) is 5.69 Å². The van der Waals surface area contributed by atoms with Gasteiger partial charge in [-0.2, -0.15) is 0 Å². The zero-order valence-corrected chi connectivity index (χ0v) is 12.9. The molecule has 0 radical (unpaired) electrons. The van der Waals surface area contributed by atoms with Gasteiger partial charge in [0.1, 0.15) is 5.75 Å². The Morgan fingerprint density at radius 3 is 2.32 bits per heavy atom. The summed E-state index contributed by atoms with van der Waals surface area (Å²) in [5.74, 6) is -1.70. The fourth-order valence-electron chi connectivity index (χ4n) is 1.85. The van der Waals surface area contributed by atoms with Crippen molar-refractivity contribution in [2.24, 2.45) is 0 Å². The van der Waals surface area contributed by atoms with Crippen molar-refractivity contribution in [3.05, 3.63) is 57.6 Å². The fourth-order valence-corrected chi connectivity index (χ4v) is 2.19. The number of carbonyl (C=O) groups is 2. The minimum absolute atomic E-state index is 0.0273. The molecule has 0 aliphatic rings. The molecular formula is C15H10Cl2NO4-. The van der Waals surface area contributed by atoms with Crippen LogP contribution in [0.15, 0.2) is 36.4 Å². The first-order chi connectivity index (χ1) is 10.4. The summed E-state index contributed by atoms with van der Waals surface area (Å²) in [5, 5.41) is 14.2. The van der Waals surface area contributed by atoms with E-state index in [9.17, 15) is 14.7 Å². The summed E-state index contributed by atoms with van der Waals surface area (Å²) in [6.07, 6.45) is 0. The number of anilines is 1. The molecule has 2 rings (SSSR count). The Kier molecular flexibility index (Phi) is 4.90. The average Bonchev–Trinajstić information content (AvgIpc) is 2.46. The van der Waals surface area contributed by atoms with Gasteiger partial charge in [0.25, 0.3) is 5.91 Å². The lowest BCUT2D eigenvalue weighted by molar-refractivity contribution is -0.254. The standard InChI is InChI=1S/C15H11Cl2NO4/c1-22-13-5-3-8(16)6-11(13)14(19)18-12-7-9(17)2-4-10(12)15(20)21/h2-7H,1H3,(H,18,19)(H,20,21)/p-1. The number of rotatable bonds is 4. The number of amides is 1. The van der Waals surface area contributed by atoms with E-state index in [1.165, 1.54) is 37.4 Å². The summed E-state index contributed by atoms with van der Waals surface area (Å²) in [6.45, 7) is 0. The van der Waals surface area contributed by atoms with Crippen molar-refractivity contribution in [1.82, 2.24) is 0 Å². The molecule has 0 heterocycles. The number of carbonyl (C=O) groups excluding carboxylic acids is 2. The van der Waals surface area contributed by atoms with Crippen molar-refractivity contribution in [2.45, 2.75) is 0 Å². The molecule has 2 aromatic carbocycles. The minimum atomic E-state index is -1.43. The van der Waals surface area contributed by atoms with Crippen LogP contribution in [-0.4, -0.2) is 19.0 Å². The van der Waals surface area contributed by atoms with Crippen molar-refractivity contribution in [3.63, 3.8) is 0 Å². The molecule has 0 aromatic heterocycles. The van der Waals surface area contributed by atoms with Gasteiger partial charge in [0.2, 0.25) is 0 Å². The van der Waals surface area contributed by atoms with Crippen LogP contribution < -0.4 is 15.2 Å². The van der Waals surface area contributed by atoms with E-state index in [1.807, 2.05) is 0 Å². The second-order valence-corrected chi connectivity index (χ2v) is 5.15. The zero-order chi connectivity index (χ0) is 16.3. The number of hydrogen-bond donors (Lipinski definition) is 1. The van der Waals surface area contributed by atoms with E-state index in [0.29, 0.717) is 10.8 Å². The van der Waals surface area contributed by atoms with Gasteiger partial charge in [-0.15, -0.1) is 0 Å². The number of carboxylic acid groups (broad SMARTS) is 1. The van der Waals surface area contributed by atoms with Gasteiger partial charge >= 0.3 is 0 Å². The summed E-state index contributed by atoms with van der Waals surface area (Å²) >= 11 is 11.7. The van der Waals surface area contributed by atoms with E-state index in [0.717, 1.165) is 0 Å². The van der Waals surface area contributed by atoms with E-state index < -0.39 is 11.9 Å². The quantitative estimate of drug-likeness (QED) is 0.929. The highest BCUT2D eigenvalue weighted by Gasteiger charge is 2.15. The van der Waals surface area contributed by atoms with Crippen molar-refractivity contribution >= 4 is 40.8 Å². The van der Waals surface area contributed by atoms with Crippen LogP contribution in [0.1, 0.15) is 20.7 Å². The largest absolute Gasteiger partial charge is 0.545 e. The van der Waals surface area contributed by atoms with E-state index in [2.05, 4.69) is 5.32 Å². The summed E-state index contributed by atoms with van der Waals surface area (Å²) < 4.78 is 5.09. The van der Waals surface area contributed by atoms with Gasteiger partial charge in [0, 0.05) is 15.6 Å². The molecule has 0 bridgehead atoms. The normalized spacial score (nSPS) is 10.1. The molecule has 0 atom stereocenters. The molecule has 114 valence electrons. The number of carboxylic acids is 1. The molecule has 2 aromatic rings. The molecule has 1 N–H and O–H groups in total. The van der Waals surface area contributed by atoms with E-state index >= 15 is 0 Å². The highest BCUT2D eigenvalue weighted by atomic mass is 35.5. The molecule has 7 heteroatoms. The number of nitrogens with one attached hydrogen (secondary N) is 1. The summed E-state index contributed by atoms with van der Waals surface area (Å²) in [7, 11) is 1.41. The predicted octanol–water partition coefficient (Wildman–Crippen LogP) is 2.62. The second kappa shape index (κ2) is 6.68. The Morgan fingerprint density at radius 1 is 1.05 bits per heavy atom. The van der Waals surface area contributed by atoms with Gasteiger partial charge < -0.3 is 20.0 Å². The molecule has 0 aliphatic carbocycles. The second-order valence-electron chi connectivity index (χ2n) is 4.28. The summed E-state index contributed by atoms with van der Waals surface area (Å²) in [5.41, 5.74) is 0.0116. The Bertz CT molecular complexity index is 746. The van der Waals surface area contributed by atoms with E-state index in [4.69, 9.17) is 27.9 Å². The summed E-state index contributed by atoms with van der Waals surface area (Å²) in [6, 6.07) is 8.49. The van der Waals surface area contributed by atoms with Crippen LogP contribution in [0.2, 0.25) is 10.0 Å². The van der Waals surface area contributed by atoms with Crippen LogP contribution in [0.3, 0.4) is 0 Å². The summed E-state index contributed by atoms with van der Waals surface area (Å²) in [4.78, 5) is 23.4. The van der Waals surface area contributed by atoms with E-state index in [-0.39, 0.29) is 21.8 Å². The number of methoxy groups -OCH3 is 1. The van der Waals surface area contributed by atoms with Crippen molar-refractivity contribution < 1.29 is 19.4 Å². The molecule has 1 amide bonds. The maximum Gasteiger partial charge on any atom is 0.259 e. The van der Waals surface area contributed by atoms with Crippen molar-refractivity contribution in [1.29, 1.82) is 0 Å². The zero-order valence-electron chi connectivity index (χ0n) is 11.4. The van der Waals surface area contributed by atoms with Crippen LogP contribution in [0, 0.1) is 0 Å². The first kappa shape index (κ1) is 16.1. The molecule has 0 saturated carbocycles. The Labute approximate surface area is 136 Å². The van der Waals surface area contributed by atoms with Gasteiger partial charge in [-0.3, -0.25) is 4.79 Å². The topological polar surface area (TPSA) is 78.5 Å². The number of halogens is 2. The maximum atomic E-state index is 12.3. The van der Waals surface area contributed by atoms with Gasteiger partial charge in [-0.25, -0.2) is 0 Å². The smallest absolute Gasteiger partial charge is 0.259 e. The van der Waals surface area contributed by atoms with Crippen LogP contribution in [0.25, 0.3) is 0 Å². The average molecular weight is 339 g/mol. The SMILES string of the molecule is COc1ccc(Cl)cc1C(=O)Nc1cc(Cl)ccc1C(=O)[O-]. The van der Waals surface area contributed by atoms with E-state index in [1.54, 1.807) is 6.07 Å². The number of benzene rings is 2. The third kappa shape index (κ3) is 3.50. The molecule has 0 aliphatic heterocycles. The molecule has 0 spiro atoms. The first-order valence-corrected chi connectivity index (χ1v) is 6.83. The van der Waals surface area contributed by atoms with Crippen LogP contribution in [-0.2, 0) is 0 Å². The molecule has 0 saturated heterocycles. The lowest BCUT2D eigenvalue weighted by Gasteiger charge is -2.14. The molecule has 0 fully saturated rings.